The number of benzene rings is 1. The number of nitrogens with two attached hydrogens (primary N) is 2. The summed E-state index contributed by atoms with van der Waals surface area (Å²) in [6, 6.07) is 6.03. The number of amides is 1. The average Bonchev–Trinajstić information content (AvgIpc) is 2.76. The van der Waals surface area contributed by atoms with Crippen molar-refractivity contribution in [1.82, 2.24) is 0 Å². The van der Waals surface area contributed by atoms with Crippen molar-refractivity contribution < 1.29 is 4.79 Å². The molecule has 0 radical (unpaired) electrons. The number of carbonyl (C=O) groups is 1. The zero-order chi connectivity index (χ0) is 12.4. The maximum absolute atomic E-state index is 11.1. The second-order valence-electron chi connectivity index (χ2n) is 4.25. The van der Waals surface area contributed by atoms with Gasteiger partial charge in [-0.25, -0.2) is 0 Å². The predicted molar refractivity (Wildman–Crippen MR) is 72.1 cm³/mol. The van der Waals surface area contributed by atoms with Crippen molar-refractivity contribution in [2.75, 3.05) is 18.0 Å². The van der Waals surface area contributed by atoms with Crippen LogP contribution in [0.25, 0.3) is 0 Å². The summed E-state index contributed by atoms with van der Waals surface area (Å²) in [6.07, 6.45) is 2.29. The summed E-state index contributed by atoms with van der Waals surface area (Å²) in [5.74, 6) is -0.416. The summed E-state index contributed by atoms with van der Waals surface area (Å²) in [5, 5.41) is 0. The molecule has 1 atom stereocenters. The van der Waals surface area contributed by atoms with E-state index < -0.39 is 5.91 Å². The Morgan fingerprint density at radius 3 is 2.88 bits per heavy atom. The molecule has 1 saturated heterocycles. The molecule has 1 aliphatic heterocycles. The summed E-state index contributed by atoms with van der Waals surface area (Å²) in [5.41, 5.74) is 12.6. The lowest BCUT2D eigenvalue weighted by atomic mass is 10.1. The molecule has 1 fully saturated rings. The molecule has 0 spiro atoms. The molecule has 1 unspecified atom stereocenters. The largest absolute Gasteiger partial charge is 0.367 e. The molecular formula is C12H16BrN3O. The zero-order valence-corrected chi connectivity index (χ0v) is 11.1. The fourth-order valence-corrected chi connectivity index (χ4v) is 2.87. The second-order valence-corrected chi connectivity index (χ2v) is 5.11. The molecule has 0 bridgehead atoms. The molecule has 1 aromatic rings. The van der Waals surface area contributed by atoms with Crippen molar-refractivity contribution in [3.8, 4) is 0 Å². The van der Waals surface area contributed by atoms with Gasteiger partial charge in [0, 0.05) is 29.3 Å². The number of carbonyl (C=O) groups excluding carboxylic acids is 1. The normalized spacial score (nSPS) is 19.6. The molecule has 5 heteroatoms. The fraction of sp³-hybridized carbons (Fsp3) is 0.417. The summed E-state index contributed by atoms with van der Waals surface area (Å²) in [6.45, 7) is 1.68. The number of rotatable bonds is 3. The minimum absolute atomic E-state index is 0.404. The van der Waals surface area contributed by atoms with Crippen LogP contribution in [0, 0.1) is 0 Å². The van der Waals surface area contributed by atoms with Crippen molar-refractivity contribution in [3.05, 3.63) is 28.2 Å². The monoisotopic (exact) mass is 297 g/mol. The highest BCUT2D eigenvalue weighted by Crippen LogP contribution is 2.29. The highest BCUT2D eigenvalue weighted by molar-refractivity contribution is 9.10. The standard InChI is InChI=1S/C12H16BrN3O/c13-11-6-8(3-4-10(11)12(15)17)16-5-1-2-9(16)7-14/h3-4,6,9H,1-2,5,7,14H2,(H2,15,17). The van der Waals surface area contributed by atoms with Crippen molar-refractivity contribution in [3.63, 3.8) is 0 Å². The molecule has 4 N–H and O–H groups in total. The van der Waals surface area contributed by atoms with E-state index in [1.54, 1.807) is 6.07 Å². The molecule has 0 aliphatic carbocycles. The molecule has 1 amide bonds. The Morgan fingerprint density at radius 1 is 1.53 bits per heavy atom. The Balaban J connectivity index is 2.28. The van der Waals surface area contributed by atoms with Crippen LogP contribution in [0.1, 0.15) is 23.2 Å². The summed E-state index contributed by atoms with van der Waals surface area (Å²) < 4.78 is 0.741. The van der Waals surface area contributed by atoms with E-state index in [1.807, 2.05) is 12.1 Å². The zero-order valence-electron chi connectivity index (χ0n) is 9.53. The predicted octanol–water partition coefficient (Wildman–Crippen LogP) is 1.48. The van der Waals surface area contributed by atoms with Gasteiger partial charge in [0.1, 0.15) is 0 Å². The maximum Gasteiger partial charge on any atom is 0.249 e. The van der Waals surface area contributed by atoms with E-state index in [9.17, 15) is 4.79 Å². The van der Waals surface area contributed by atoms with Crippen molar-refractivity contribution in [2.45, 2.75) is 18.9 Å². The Bertz CT molecular complexity index is 436. The lowest BCUT2D eigenvalue weighted by Gasteiger charge is -2.26. The number of anilines is 1. The third-order valence-electron chi connectivity index (χ3n) is 3.20. The van der Waals surface area contributed by atoms with E-state index in [4.69, 9.17) is 11.5 Å². The minimum Gasteiger partial charge on any atom is -0.367 e. The van der Waals surface area contributed by atoms with Gasteiger partial charge in [-0.05, 0) is 47.0 Å². The van der Waals surface area contributed by atoms with Crippen LogP contribution in [0.4, 0.5) is 5.69 Å². The van der Waals surface area contributed by atoms with Crippen LogP contribution in [0.2, 0.25) is 0 Å². The van der Waals surface area contributed by atoms with Crippen LogP contribution in [-0.4, -0.2) is 25.0 Å². The highest BCUT2D eigenvalue weighted by atomic mass is 79.9. The Kier molecular flexibility index (Phi) is 3.69. The van der Waals surface area contributed by atoms with Gasteiger partial charge in [0.2, 0.25) is 5.91 Å². The van der Waals surface area contributed by atoms with E-state index in [0.29, 0.717) is 18.2 Å². The molecule has 4 nitrogen and oxygen atoms in total. The first-order valence-corrected chi connectivity index (χ1v) is 6.49. The molecule has 0 saturated carbocycles. The third kappa shape index (κ3) is 2.45. The highest BCUT2D eigenvalue weighted by Gasteiger charge is 2.23. The number of hydrogen-bond donors (Lipinski definition) is 2. The van der Waals surface area contributed by atoms with Crippen LogP contribution in [-0.2, 0) is 0 Å². The SMILES string of the molecule is NCC1CCCN1c1ccc(C(N)=O)c(Br)c1. The molecule has 17 heavy (non-hydrogen) atoms. The number of halogens is 1. The molecule has 2 rings (SSSR count). The molecule has 1 aromatic carbocycles. The van der Waals surface area contributed by atoms with Gasteiger partial charge in [-0.1, -0.05) is 0 Å². The number of hydrogen-bond acceptors (Lipinski definition) is 3. The van der Waals surface area contributed by atoms with Gasteiger partial charge in [-0.15, -0.1) is 0 Å². The fourth-order valence-electron chi connectivity index (χ4n) is 2.30. The van der Waals surface area contributed by atoms with Gasteiger partial charge in [0.25, 0.3) is 0 Å². The van der Waals surface area contributed by atoms with Gasteiger partial charge in [0.15, 0.2) is 0 Å². The van der Waals surface area contributed by atoms with Crippen molar-refractivity contribution >= 4 is 27.5 Å². The molecule has 1 aliphatic rings. The van der Waals surface area contributed by atoms with Crippen LogP contribution < -0.4 is 16.4 Å². The molecule has 1 heterocycles. The topological polar surface area (TPSA) is 72.3 Å². The smallest absolute Gasteiger partial charge is 0.249 e. The summed E-state index contributed by atoms with van der Waals surface area (Å²) >= 11 is 3.38. The second kappa shape index (κ2) is 5.06. The minimum atomic E-state index is -0.416. The van der Waals surface area contributed by atoms with Crippen molar-refractivity contribution in [1.29, 1.82) is 0 Å². The molecule has 0 aromatic heterocycles. The van der Waals surface area contributed by atoms with Gasteiger partial charge in [-0.3, -0.25) is 4.79 Å². The van der Waals surface area contributed by atoms with E-state index in [-0.39, 0.29) is 0 Å². The van der Waals surface area contributed by atoms with Crippen LogP contribution >= 0.6 is 15.9 Å². The third-order valence-corrected chi connectivity index (χ3v) is 3.86. The van der Waals surface area contributed by atoms with Crippen molar-refractivity contribution in [2.24, 2.45) is 11.5 Å². The number of primary amides is 1. The first-order valence-electron chi connectivity index (χ1n) is 5.69. The Labute approximate surface area is 109 Å². The van der Waals surface area contributed by atoms with Gasteiger partial charge in [0.05, 0.1) is 5.56 Å². The van der Waals surface area contributed by atoms with E-state index in [0.717, 1.165) is 29.5 Å². The average molecular weight is 298 g/mol. The van der Waals surface area contributed by atoms with Crippen LogP contribution in [0.5, 0.6) is 0 Å². The quantitative estimate of drug-likeness (QED) is 0.887. The van der Waals surface area contributed by atoms with Gasteiger partial charge < -0.3 is 16.4 Å². The number of nitrogens with zero attached hydrogens (tertiary/aromatic N) is 1. The van der Waals surface area contributed by atoms with Gasteiger partial charge in [-0.2, -0.15) is 0 Å². The summed E-state index contributed by atoms with van der Waals surface area (Å²) in [7, 11) is 0. The molecule has 92 valence electrons. The first-order chi connectivity index (χ1) is 8.13. The Hall–Kier alpha value is -1.07. The van der Waals surface area contributed by atoms with E-state index >= 15 is 0 Å². The lowest BCUT2D eigenvalue weighted by Crippen LogP contribution is -2.35. The van der Waals surface area contributed by atoms with Crippen LogP contribution in [0.15, 0.2) is 22.7 Å². The Morgan fingerprint density at radius 2 is 2.29 bits per heavy atom. The lowest BCUT2D eigenvalue weighted by molar-refractivity contribution is 0.0999. The van der Waals surface area contributed by atoms with E-state index in [2.05, 4.69) is 20.8 Å². The maximum atomic E-state index is 11.1. The molecular weight excluding hydrogens is 282 g/mol. The van der Waals surface area contributed by atoms with Gasteiger partial charge >= 0.3 is 0 Å². The summed E-state index contributed by atoms with van der Waals surface area (Å²) in [4.78, 5) is 13.4. The van der Waals surface area contributed by atoms with Crippen LogP contribution in [0.3, 0.4) is 0 Å². The first kappa shape index (κ1) is 12.4. The van der Waals surface area contributed by atoms with E-state index in [1.165, 1.54) is 0 Å².